The van der Waals surface area contributed by atoms with Crippen LogP contribution in [-0.2, 0) is 6.54 Å². The van der Waals surface area contributed by atoms with Gasteiger partial charge in [-0.25, -0.2) is 4.79 Å². The Morgan fingerprint density at radius 3 is 2.75 bits per heavy atom. The van der Waals surface area contributed by atoms with Crippen molar-refractivity contribution in [3.05, 3.63) is 45.8 Å². The lowest BCUT2D eigenvalue weighted by atomic mass is 10.1. The third-order valence-electron chi connectivity index (χ3n) is 3.13. The summed E-state index contributed by atoms with van der Waals surface area (Å²) in [5.41, 5.74) is 2.40. The van der Waals surface area contributed by atoms with Crippen molar-refractivity contribution >= 4 is 23.3 Å². The molecule has 2 rings (SSSR count). The molecule has 0 aliphatic carbocycles. The quantitative estimate of drug-likeness (QED) is 0.937. The van der Waals surface area contributed by atoms with E-state index in [2.05, 4.69) is 5.16 Å². The van der Waals surface area contributed by atoms with Crippen molar-refractivity contribution in [3.63, 3.8) is 0 Å². The normalized spacial score (nSPS) is 10.6. The van der Waals surface area contributed by atoms with E-state index in [9.17, 15) is 4.79 Å². The topological polar surface area (TPSA) is 66.6 Å². The van der Waals surface area contributed by atoms with Gasteiger partial charge in [0.05, 0.1) is 6.54 Å². The Kier molecular flexibility index (Phi) is 3.99. The zero-order valence-electron chi connectivity index (χ0n) is 11.5. The Morgan fingerprint density at radius 1 is 1.45 bits per heavy atom. The number of carboxylic acid groups (broad SMARTS) is 1. The van der Waals surface area contributed by atoms with Gasteiger partial charge in [0.25, 0.3) is 0 Å². The highest BCUT2D eigenvalue weighted by Gasteiger charge is 2.20. The van der Waals surface area contributed by atoms with Gasteiger partial charge in [0, 0.05) is 17.8 Å². The Hall–Kier alpha value is -2.01. The highest BCUT2D eigenvalue weighted by atomic mass is 35.5. The molecule has 0 amide bonds. The molecule has 0 aliphatic rings. The van der Waals surface area contributed by atoms with Gasteiger partial charge in [-0.05, 0) is 31.5 Å². The Labute approximate surface area is 121 Å². The van der Waals surface area contributed by atoms with Crippen LogP contribution in [-0.4, -0.2) is 23.3 Å². The third kappa shape index (κ3) is 2.77. The summed E-state index contributed by atoms with van der Waals surface area (Å²) in [6.07, 6.45) is 0. The molecule has 0 aliphatic heterocycles. The second kappa shape index (κ2) is 5.54. The van der Waals surface area contributed by atoms with Crippen LogP contribution in [0.3, 0.4) is 0 Å². The van der Waals surface area contributed by atoms with Gasteiger partial charge in [0.2, 0.25) is 0 Å². The summed E-state index contributed by atoms with van der Waals surface area (Å²) in [6.45, 7) is 3.84. The van der Waals surface area contributed by atoms with Crippen LogP contribution in [0.25, 0.3) is 0 Å². The van der Waals surface area contributed by atoms with Gasteiger partial charge in [0.1, 0.15) is 17.0 Å². The Morgan fingerprint density at radius 2 is 2.15 bits per heavy atom. The first-order valence-corrected chi connectivity index (χ1v) is 6.43. The lowest BCUT2D eigenvalue weighted by molar-refractivity contribution is 0.0694. The number of rotatable bonds is 4. The maximum atomic E-state index is 11.2. The van der Waals surface area contributed by atoms with Crippen LogP contribution >= 0.6 is 11.6 Å². The SMILES string of the molecule is Cc1ccc(N(C)Cc2noc(C)c2C(=O)O)cc1Cl. The van der Waals surface area contributed by atoms with Crippen LogP contribution in [0.4, 0.5) is 5.69 Å². The minimum Gasteiger partial charge on any atom is -0.477 e. The number of benzene rings is 1. The number of carboxylic acids is 1. The number of hydrogen-bond donors (Lipinski definition) is 1. The summed E-state index contributed by atoms with van der Waals surface area (Å²) in [7, 11) is 1.84. The fourth-order valence-electron chi connectivity index (χ4n) is 1.94. The van der Waals surface area contributed by atoms with Gasteiger partial charge < -0.3 is 14.5 Å². The van der Waals surface area contributed by atoms with E-state index in [0.29, 0.717) is 23.0 Å². The number of carbonyl (C=O) groups is 1. The molecular weight excluding hydrogens is 280 g/mol. The summed E-state index contributed by atoms with van der Waals surface area (Å²) in [5.74, 6) is -0.725. The molecule has 1 N–H and O–H groups in total. The first-order valence-electron chi connectivity index (χ1n) is 6.06. The molecule has 20 heavy (non-hydrogen) atoms. The van der Waals surface area contributed by atoms with E-state index in [-0.39, 0.29) is 5.56 Å². The number of aromatic nitrogens is 1. The van der Waals surface area contributed by atoms with Gasteiger partial charge in [0.15, 0.2) is 0 Å². The van der Waals surface area contributed by atoms with Gasteiger partial charge in [-0.3, -0.25) is 0 Å². The van der Waals surface area contributed by atoms with E-state index in [0.717, 1.165) is 11.3 Å². The molecule has 106 valence electrons. The van der Waals surface area contributed by atoms with Crippen LogP contribution in [0.2, 0.25) is 5.02 Å². The van der Waals surface area contributed by atoms with E-state index < -0.39 is 5.97 Å². The molecule has 0 saturated heterocycles. The predicted molar refractivity (Wildman–Crippen MR) is 76.5 cm³/mol. The van der Waals surface area contributed by atoms with Crippen molar-refractivity contribution in [3.8, 4) is 0 Å². The van der Waals surface area contributed by atoms with Crippen molar-refractivity contribution in [1.29, 1.82) is 0 Å². The minimum absolute atomic E-state index is 0.120. The molecule has 0 fully saturated rings. The highest BCUT2D eigenvalue weighted by molar-refractivity contribution is 6.31. The van der Waals surface area contributed by atoms with E-state index in [4.69, 9.17) is 21.2 Å². The smallest absolute Gasteiger partial charge is 0.341 e. The molecule has 0 atom stereocenters. The number of aromatic carboxylic acids is 1. The third-order valence-corrected chi connectivity index (χ3v) is 3.54. The maximum absolute atomic E-state index is 11.2. The van der Waals surface area contributed by atoms with Crippen molar-refractivity contribution < 1.29 is 14.4 Å². The molecule has 2 aromatic rings. The number of aryl methyl sites for hydroxylation is 2. The second-order valence-electron chi connectivity index (χ2n) is 4.66. The van der Waals surface area contributed by atoms with E-state index in [1.165, 1.54) is 0 Å². The molecule has 1 aromatic carbocycles. The van der Waals surface area contributed by atoms with Crippen molar-refractivity contribution in [2.75, 3.05) is 11.9 Å². The summed E-state index contributed by atoms with van der Waals surface area (Å²) < 4.78 is 4.95. The standard InChI is InChI=1S/C14H15ClN2O3/c1-8-4-5-10(6-11(8)15)17(3)7-12-13(14(18)19)9(2)20-16-12/h4-6H,7H2,1-3H3,(H,18,19). The first-order chi connectivity index (χ1) is 9.40. The zero-order valence-corrected chi connectivity index (χ0v) is 12.2. The lowest BCUT2D eigenvalue weighted by Gasteiger charge is -2.18. The summed E-state index contributed by atoms with van der Waals surface area (Å²) >= 11 is 6.09. The number of hydrogen-bond acceptors (Lipinski definition) is 4. The molecule has 0 radical (unpaired) electrons. The van der Waals surface area contributed by atoms with Gasteiger partial charge >= 0.3 is 5.97 Å². The van der Waals surface area contributed by atoms with E-state index in [1.54, 1.807) is 6.92 Å². The fourth-order valence-corrected chi connectivity index (χ4v) is 2.11. The molecule has 1 aromatic heterocycles. The van der Waals surface area contributed by atoms with Gasteiger partial charge in [-0.2, -0.15) is 0 Å². The molecule has 0 saturated carbocycles. The van der Waals surface area contributed by atoms with Crippen molar-refractivity contribution in [1.82, 2.24) is 5.16 Å². The maximum Gasteiger partial charge on any atom is 0.341 e. The molecule has 0 bridgehead atoms. The second-order valence-corrected chi connectivity index (χ2v) is 5.06. The molecule has 5 nitrogen and oxygen atoms in total. The van der Waals surface area contributed by atoms with Crippen LogP contribution < -0.4 is 4.90 Å². The molecule has 1 heterocycles. The molecule has 6 heteroatoms. The summed E-state index contributed by atoms with van der Waals surface area (Å²) in [4.78, 5) is 13.1. The highest BCUT2D eigenvalue weighted by Crippen LogP contribution is 2.24. The number of nitrogens with zero attached hydrogens (tertiary/aromatic N) is 2. The zero-order chi connectivity index (χ0) is 14.9. The fraction of sp³-hybridized carbons (Fsp3) is 0.286. The first kappa shape index (κ1) is 14.4. The predicted octanol–water partition coefficient (Wildman–Crippen LogP) is 3.28. The summed E-state index contributed by atoms with van der Waals surface area (Å²) in [5, 5.41) is 13.6. The van der Waals surface area contributed by atoms with Crippen LogP contribution in [0.5, 0.6) is 0 Å². The van der Waals surface area contributed by atoms with E-state index >= 15 is 0 Å². The Bertz CT molecular complexity index is 652. The van der Waals surface area contributed by atoms with Gasteiger partial charge in [-0.1, -0.05) is 22.8 Å². The average Bonchev–Trinajstić information content (AvgIpc) is 2.73. The minimum atomic E-state index is -1.03. The van der Waals surface area contributed by atoms with Crippen LogP contribution in [0, 0.1) is 13.8 Å². The van der Waals surface area contributed by atoms with Crippen LogP contribution in [0.15, 0.2) is 22.7 Å². The molecule has 0 unspecified atom stereocenters. The number of halogens is 1. The van der Waals surface area contributed by atoms with E-state index in [1.807, 2.05) is 37.1 Å². The van der Waals surface area contributed by atoms with Crippen LogP contribution in [0.1, 0.15) is 27.4 Å². The Balaban J connectivity index is 2.25. The molecular formula is C14H15ClN2O3. The molecule has 0 spiro atoms. The largest absolute Gasteiger partial charge is 0.477 e. The van der Waals surface area contributed by atoms with Crippen molar-refractivity contribution in [2.24, 2.45) is 0 Å². The lowest BCUT2D eigenvalue weighted by Crippen LogP contribution is -2.18. The number of anilines is 1. The van der Waals surface area contributed by atoms with Gasteiger partial charge in [-0.15, -0.1) is 0 Å². The average molecular weight is 295 g/mol. The monoisotopic (exact) mass is 294 g/mol. The summed E-state index contributed by atoms with van der Waals surface area (Å²) in [6, 6.07) is 5.68. The van der Waals surface area contributed by atoms with Crippen molar-refractivity contribution in [2.45, 2.75) is 20.4 Å².